The summed E-state index contributed by atoms with van der Waals surface area (Å²) in [6.07, 6.45) is 2.71. The van der Waals surface area contributed by atoms with E-state index >= 15 is 0 Å². The molecular formula is C23H24N2O3. The normalized spacial score (nSPS) is 11.3. The van der Waals surface area contributed by atoms with Gasteiger partial charge in [-0.25, -0.2) is 0 Å². The molecule has 0 saturated heterocycles. The van der Waals surface area contributed by atoms with Gasteiger partial charge in [-0.1, -0.05) is 12.1 Å². The molecule has 0 aliphatic heterocycles. The Hall–Kier alpha value is -3.21. The van der Waals surface area contributed by atoms with Crippen molar-refractivity contribution in [3.8, 4) is 5.75 Å². The molecule has 0 aliphatic carbocycles. The minimum Gasteiger partial charge on any atom is -0.497 e. The Bertz CT molecular complexity index is 1180. The van der Waals surface area contributed by atoms with E-state index in [1.165, 1.54) is 0 Å². The number of hydrogen-bond donors (Lipinski definition) is 2. The van der Waals surface area contributed by atoms with E-state index in [1.54, 1.807) is 7.11 Å². The molecule has 0 aliphatic rings. The smallest absolute Gasteiger partial charge is 0.287 e. The lowest BCUT2D eigenvalue weighted by atomic mass is 10.0. The number of fused-ring (bicyclic) bond motifs is 2. The first-order valence-electron chi connectivity index (χ1n) is 9.41. The van der Waals surface area contributed by atoms with Crippen LogP contribution in [0.4, 0.5) is 0 Å². The number of hydrogen-bond acceptors (Lipinski definition) is 3. The number of nitrogens with one attached hydrogen (secondary N) is 2. The van der Waals surface area contributed by atoms with Crippen LogP contribution in [0.1, 0.15) is 32.8 Å². The minimum absolute atomic E-state index is 0.174. The largest absolute Gasteiger partial charge is 0.497 e. The highest BCUT2D eigenvalue weighted by molar-refractivity contribution is 5.99. The van der Waals surface area contributed by atoms with Crippen LogP contribution in [0.2, 0.25) is 0 Å². The van der Waals surface area contributed by atoms with Crippen LogP contribution in [-0.4, -0.2) is 24.5 Å². The van der Waals surface area contributed by atoms with Gasteiger partial charge in [0.15, 0.2) is 5.76 Å². The van der Waals surface area contributed by atoms with Crippen molar-refractivity contribution in [3.05, 3.63) is 64.5 Å². The summed E-state index contributed by atoms with van der Waals surface area (Å²) in [6, 6.07) is 10.0. The number of H-pyrrole nitrogens is 1. The van der Waals surface area contributed by atoms with Crippen molar-refractivity contribution >= 4 is 27.8 Å². The van der Waals surface area contributed by atoms with Crippen LogP contribution < -0.4 is 10.1 Å². The highest BCUT2D eigenvalue weighted by atomic mass is 16.5. The SMILES string of the molecule is COc1ccc2c(CCNC(=O)c3oc4c(C)c(C)ccc4c3C)c[nH]c2c1. The molecule has 0 atom stereocenters. The van der Waals surface area contributed by atoms with Gasteiger partial charge < -0.3 is 19.5 Å². The van der Waals surface area contributed by atoms with Crippen LogP contribution in [-0.2, 0) is 6.42 Å². The molecule has 144 valence electrons. The molecule has 0 radical (unpaired) electrons. The van der Waals surface area contributed by atoms with Crippen LogP contribution in [0.15, 0.2) is 40.9 Å². The van der Waals surface area contributed by atoms with E-state index in [0.717, 1.165) is 56.3 Å². The number of carbonyl (C=O) groups is 1. The Morgan fingerprint density at radius 1 is 1.11 bits per heavy atom. The summed E-state index contributed by atoms with van der Waals surface area (Å²) in [5.41, 5.74) is 6.10. The maximum Gasteiger partial charge on any atom is 0.287 e. The Kier molecular flexibility index (Phi) is 4.59. The summed E-state index contributed by atoms with van der Waals surface area (Å²) in [6.45, 7) is 6.53. The molecule has 0 unspecified atom stereocenters. The first-order chi connectivity index (χ1) is 13.5. The zero-order chi connectivity index (χ0) is 19.8. The van der Waals surface area contributed by atoms with E-state index < -0.39 is 0 Å². The van der Waals surface area contributed by atoms with E-state index in [0.29, 0.717) is 12.3 Å². The molecular weight excluding hydrogens is 352 g/mol. The van der Waals surface area contributed by atoms with Crippen LogP contribution in [0.3, 0.4) is 0 Å². The molecule has 2 N–H and O–H groups in total. The molecule has 4 rings (SSSR count). The second kappa shape index (κ2) is 7.08. The third-order valence-corrected chi connectivity index (χ3v) is 5.49. The van der Waals surface area contributed by atoms with Crippen LogP contribution >= 0.6 is 0 Å². The number of aromatic nitrogens is 1. The van der Waals surface area contributed by atoms with Crippen molar-refractivity contribution in [2.75, 3.05) is 13.7 Å². The van der Waals surface area contributed by atoms with E-state index in [9.17, 15) is 4.79 Å². The fourth-order valence-corrected chi connectivity index (χ4v) is 3.62. The molecule has 28 heavy (non-hydrogen) atoms. The quantitative estimate of drug-likeness (QED) is 0.525. The Morgan fingerprint density at radius 2 is 1.89 bits per heavy atom. The van der Waals surface area contributed by atoms with Crippen molar-refractivity contribution in [1.82, 2.24) is 10.3 Å². The number of benzene rings is 2. The maximum absolute atomic E-state index is 12.7. The van der Waals surface area contributed by atoms with E-state index in [2.05, 4.69) is 16.4 Å². The van der Waals surface area contributed by atoms with Gasteiger partial charge in [0, 0.05) is 40.7 Å². The summed E-state index contributed by atoms with van der Waals surface area (Å²) < 4.78 is 11.2. The maximum atomic E-state index is 12.7. The van der Waals surface area contributed by atoms with Gasteiger partial charge in [0.2, 0.25) is 0 Å². The topological polar surface area (TPSA) is 67.3 Å². The number of aryl methyl sites for hydroxylation is 3. The fourth-order valence-electron chi connectivity index (χ4n) is 3.62. The lowest BCUT2D eigenvalue weighted by molar-refractivity contribution is 0.0928. The molecule has 5 nitrogen and oxygen atoms in total. The molecule has 1 amide bonds. The standard InChI is InChI=1S/C23H24N2O3/c1-13-5-7-18-15(3)22(28-21(18)14(13)2)23(26)24-10-9-16-12-25-20-11-17(27-4)6-8-19(16)20/h5-8,11-12,25H,9-10H2,1-4H3,(H,24,26). The molecule has 2 heterocycles. The zero-order valence-corrected chi connectivity index (χ0v) is 16.6. The van der Waals surface area contributed by atoms with Crippen molar-refractivity contribution in [3.63, 3.8) is 0 Å². The van der Waals surface area contributed by atoms with Gasteiger partial charge in [0.05, 0.1) is 7.11 Å². The van der Waals surface area contributed by atoms with Crippen molar-refractivity contribution < 1.29 is 13.9 Å². The molecule has 2 aromatic heterocycles. The first kappa shape index (κ1) is 18.2. The molecule has 0 bridgehead atoms. The second-order valence-electron chi connectivity index (χ2n) is 7.17. The number of carbonyl (C=O) groups excluding carboxylic acids is 1. The highest BCUT2D eigenvalue weighted by Gasteiger charge is 2.19. The minimum atomic E-state index is -0.174. The van der Waals surface area contributed by atoms with Gasteiger partial charge in [0.1, 0.15) is 11.3 Å². The Morgan fingerprint density at radius 3 is 2.68 bits per heavy atom. The van der Waals surface area contributed by atoms with E-state index in [4.69, 9.17) is 9.15 Å². The third kappa shape index (κ3) is 3.03. The van der Waals surface area contributed by atoms with Gasteiger partial charge in [-0.2, -0.15) is 0 Å². The zero-order valence-electron chi connectivity index (χ0n) is 16.6. The molecule has 0 saturated carbocycles. The van der Waals surface area contributed by atoms with E-state index in [1.807, 2.05) is 51.2 Å². The number of amides is 1. The van der Waals surface area contributed by atoms with Crippen molar-refractivity contribution in [2.45, 2.75) is 27.2 Å². The number of methoxy groups -OCH3 is 1. The van der Waals surface area contributed by atoms with Gasteiger partial charge >= 0.3 is 0 Å². The predicted octanol–water partition coefficient (Wildman–Crippen LogP) is 4.82. The van der Waals surface area contributed by atoms with Crippen LogP contribution in [0.5, 0.6) is 5.75 Å². The number of furan rings is 1. The summed E-state index contributed by atoms with van der Waals surface area (Å²) in [7, 11) is 1.66. The first-order valence-corrected chi connectivity index (χ1v) is 9.41. The van der Waals surface area contributed by atoms with Crippen molar-refractivity contribution in [1.29, 1.82) is 0 Å². The average Bonchev–Trinajstić information content (AvgIpc) is 3.25. The van der Waals surface area contributed by atoms with Crippen LogP contribution in [0.25, 0.3) is 21.9 Å². The van der Waals surface area contributed by atoms with E-state index in [-0.39, 0.29) is 5.91 Å². The van der Waals surface area contributed by atoms with Gasteiger partial charge in [-0.3, -0.25) is 4.79 Å². The molecule has 5 heteroatoms. The second-order valence-corrected chi connectivity index (χ2v) is 7.17. The Balaban J connectivity index is 1.49. The predicted molar refractivity (Wildman–Crippen MR) is 111 cm³/mol. The monoisotopic (exact) mass is 376 g/mol. The molecule has 2 aromatic carbocycles. The number of rotatable bonds is 5. The average molecular weight is 376 g/mol. The number of aromatic amines is 1. The summed E-state index contributed by atoms with van der Waals surface area (Å²) in [5.74, 6) is 1.04. The summed E-state index contributed by atoms with van der Waals surface area (Å²) >= 11 is 0. The summed E-state index contributed by atoms with van der Waals surface area (Å²) in [5, 5.41) is 5.13. The summed E-state index contributed by atoms with van der Waals surface area (Å²) in [4.78, 5) is 15.9. The molecule has 4 aromatic rings. The van der Waals surface area contributed by atoms with Gasteiger partial charge in [-0.15, -0.1) is 0 Å². The van der Waals surface area contributed by atoms with Gasteiger partial charge in [-0.05, 0) is 56.0 Å². The lowest BCUT2D eigenvalue weighted by Crippen LogP contribution is -2.25. The Labute approximate surface area is 163 Å². The van der Waals surface area contributed by atoms with Crippen LogP contribution in [0, 0.1) is 20.8 Å². The number of ether oxygens (including phenoxy) is 1. The molecule has 0 spiro atoms. The molecule has 0 fully saturated rings. The van der Waals surface area contributed by atoms with Crippen molar-refractivity contribution in [2.24, 2.45) is 0 Å². The van der Waals surface area contributed by atoms with Gasteiger partial charge in [0.25, 0.3) is 5.91 Å². The third-order valence-electron chi connectivity index (χ3n) is 5.49. The lowest BCUT2D eigenvalue weighted by Gasteiger charge is -2.04. The fraction of sp³-hybridized carbons (Fsp3) is 0.261. The highest BCUT2D eigenvalue weighted by Crippen LogP contribution is 2.29.